The summed E-state index contributed by atoms with van der Waals surface area (Å²) in [4.78, 5) is 23.3. The number of carbonyl (C=O) groups excluding carboxylic acids is 1. The van der Waals surface area contributed by atoms with Gasteiger partial charge in [-0.25, -0.2) is 4.39 Å². The number of rotatable bonds is 3. The number of halogens is 2. The van der Waals surface area contributed by atoms with Crippen molar-refractivity contribution >= 4 is 27.8 Å². The molecular formula is C14H15BrFNO3. The van der Waals surface area contributed by atoms with Crippen molar-refractivity contribution in [2.75, 3.05) is 0 Å². The summed E-state index contributed by atoms with van der Waals surface area (Å²) in [6.07, 6.45) is 2.86. The molecule has 0 bridgehead atoms. The Kier molecular flexibility index (Phi) is 4.75. The predicted molar refractivity (Wildman–Crippen MR) is 74.9 cm³/mol. The van der Waals surface area contributed by atoms with Gasteiger partial charge in [0.15, 0.2) is 0 Å². The molecule has 0 spiro atoms. The van der Waals surface area contributed by atoms with Crippen LogP contribution in [-0.2, 0) is 4.79 Å². The van der Waals surface area contributed by atoms with Crippen LogP contribution in [0.2, 0.25) is 0 Å². The van der Waals surface area contributed by atoms with Gasteiger partial charge in [-0.05, 0) is 40.9 Å². The third-order valence-corrected chi connectivity index (χ3v) is 4.21. The van der Waals surface area contributed by atoms with E-state index in [1.165, 1.54) is 12.1 Å². The molecule has 6 heteroatoms. The summed E-state index contributed by atoms with van der Waals surface area (Å²) in [6.45, 7) is 0. The smallest absolute Gasteiger partial charge is 0.308 e. The number of carboxylic acid groups (broad SMARTS) is 1. The van der Waals surface area contributed by atoms with Crippen LogP contribution in [0.1, 0.15) is 36.0 Å². The summed E-state index contributed by atoms with van der Waals surface area (Å²) in [5.41, 5.74) is -0.0749. The van der Waals surface area contributed by atoms with E-state index in [9.17, 15) is 14.0 Å². The van der Waals surface area contributed by atoms with E-state index in [1.807, 2.05) is 0 Å². The van der Waals surface area contributed by atoms with Crippen molar-refractivity contribution < 1.29 is 19.1 Å². The maximum atomic E-state index is 13.8. The summed E-state index contributed by atoms with van der Waals surface area (Å²) in [5.74, 6) is -2.71. The second kappa shape index (κ2) is 6.35. The van der Waals surface area contributed by atoms with Crippen LogP contribution in [0.25, 0.3) is 0 Å². The first-order valence-corrected chi connectivity index (χ1v) is 7.27. The van der Waals surface area contributed by atoms with Crippen molar-refractivity contribution in [2.45, 2.75) is 31.7 Å². The number of aliphatic carboxylic acids is 1. The highest BCUT2D eigenvalue weighted by molar-refractivity contribution is 9.10. The van der Waals surface area contributed by atoms with Gasteiger partial charge in [-0.2, -0.15) is 0 Å². The number of benzene rings is 1. The first-order chi connectivity index (χ1) is 9.50. The minimum Gasteiger partial charge on any atom is -0.481 e. The highest BCUT2D eigenvalue weighted by Gasteiger charge is 2.32. The largest absolute Gasteiger partial charge is 0.481 e. The molecule has 4 nitrogen and oxygen atoms in total. The summed E-state index contributed by atoms with van der Waals surface area (Å²) >= 11 is 3.03. The topological polar surface area (TPSA) is 66.4 Å². The van der Waals surface area contributed by atoms with E-state index in [2.05, 4.69) is 21.2 Å². The van der Waals surface area contributed by atoms with Gasteiger partial charge in [0.2, 0.25) is 0 Å². The van der Waals surface area contributed by atoms with Gasteiger partial charge in [0.05, 0.1) is 16.0 Å². The molecule has 1 amide bonds. The zero-order valence-electron chi connectivity index (χ0n) is 10.7. The van der Waals surface area contributed by atoms with Gasteiger partial charge in [0.25, 0.3) is 5.91 Å². The van der Waals surface area contributed by atoms with E-state index >= 15 is 0 Å². The number of hydrogen-bond acceptors (Lipinski definition) is 2. The molecule has 2 rings (SSSR count). The zero-order chi connectivity index (χ0) is 14.7. The van der Waals surface area contributed by atoms with Gasteiger partial charge < -0.3 is 10.4 Å². The SMILES string of the molecule is O=C(NC1CCCCC1C(=O)O)c1cccc(Br)c1F. The highest BCUT2D eigenvalue weighted by atomic mass is 79.9. The van der Waals surface area contributed by atoms with Crippen molar-refractivity contribution in [1.82, 2.24) is 5.32 Å². The number of carboxylic acids is 1. The number of nitrogens with one attached hydrogen (secondary N) is 1. The maximum Gasteiger partial charge on any atom is 0.308 e. The minimum atomic E-state index is -0.912. The zero-order valence-corrected chi connectivity index (χ0v) is 12.3. The summed E-state index contributed by atoms with van der Waals surface area (Å²) in [7, 11) is 0. The fraction of sp³-hybridized carbons (Fsp3) is 0.429. The third-order valence-electron chi connectivity index (χ3n) is 3.60. The Balaban J connectivity index is 2.14. The van der Waals surface area contributed by atoms with Crippen LogP contribution in [-0.4, -0.2) is 23.0 Å². The monoisotopic (exact) mass is 343 g/mol. The van der Waals surface area contributed by atoms with E-state index < -0.39 is 29.7 Å². The lowest BCUT2D eigenvalue weighted by Crippen LogP contribution is -2.45. The molecule has 1 aliphatic rings. The summed E-state index contributed by atoms with van der Waals surface area (Å²) in [5, 5.41) is 11.8. The lowest BCUT2D eigenvalue weighted by atomic mass is 9.84. The molecule has 20 heavy (non-hydrogen) atoms. The number of carbonyl (C=O) groups is 2. The Hall–Kier alpha value is -1.43. The van der Waals surface area contributed by atoms with E-state index in [0.717, 1.165) is 12.8 Å². The molecule has 1 aromatic rings. The van der Waals surface area contributed by atoms with Crippen LogP contribution >= 0.6 is 15.9 Å². The van der Waals surface area contributed by atoms with Crippen LogP contribution in [0.3, 0.4) is 0 Å². The van der Waals surface area contributed by atoms with E-state index in [1.54, 1.807) is 6.07 Å². The van der Waals surface area contributed by atoms with E-state index in [-0.39, 0.29) is 10.0 Å². The quantitative estimate of drug-likeness (QED) is 0.886. The number of amides is 1. The van der Waals surface area contributed by atoms with Gasteiger partial charge in [-0.1, -0.05) is 18.9 Å². The molecule has 1 aromatic carbocycles. The second-order valence-corrected chi connectivity index (χ2v) is 5.76. The van der Waals surface area contributed by atoms with E-state index in [4.69, 9.17) is 5.11 Å². The maximum absolute atomic E-state index is 13.8. The fourth-order valence-electron chi connectivity index (χ4n) is 2.52. The summed E-state index contributed by atoms with van der Waals surface area (Å²) < 4.78 is 14.0. The lowest BCUT2D eigenvalue weighted by Gasteiger charge is -2.29. The van der Waals surface area contributed by atoms with Gasteiger partial charge >= 0.3 is 5.97 Å². The average molecular weight is 344 g/mol. The Morgan fingerprint density at radius 1 is 1.30 bits per heavy atom. The highest BCUT2D eigenvalue weighted by Crippen LogP contribution is 2.25. The summed E-state index contributed by atoms with van der Waals surface area (Å²) in [6, 6.07) is 4.02. The van der Waals surface area contributed by atoms with E-state index in [0.29, 0.717) is 12.8 Å². The van der Waals surface area contributed by atoms with Crippen LogP contribution in [0.5, 0.6) is 0 Å². The normalized spacial score (nSPS) is 22.3. The average Bonchev–Trinajstić information content (AvgIpc) is 2.42. The van der Waals surface area contributed by atoms with Gasteiger partial charge in [0.1, 0.15) is 5.82 Å². The van der Waals surface area contributed by atoms with Gasteiger partial charge in [-0.3, -0.25) is 9.59 Å². The molecule has 0 aromatic heterocycles. The molecule has 0 radical (unpaired) electrons. The molecule has 2 N–H and O–H groups in total. The first-order valence-electron chi connectivity index (χ1n) is 6.48. The third kappa shape index (κ3) is 3.17. The van der Waals surface area contributed by atoms with Crippen molar-refractivity contribution in [1.29, 1.82) is 0 Å². The molecule has 1 saturated carbocycles. The Morgan fingerprint density at radius 2 is 2.00 bits per heavy atom. The fourth-order valence-corrected chi connectivity index (χ4v) is 2.89. The van der Waals surface area contributed by atoms with Crippen molar-refractivity contribution in [3.05, 3.63) is 34.1 Å². The minimum absolute atomic E-state index is 0.0749. The van der Waals surface area contributed by atoms with Gasteiger partial charge in [0, 0.05) is 6.04 Å². The van der Waals surface area contributed by atoms with Crippen LogP contribution in [0.15, 0.2) is 22.7 Å². The second-order valence-electron chi connectivity index (χ2n) is 4.91. The van der Waals surface area contributed by atoms with Crippen molar-refractivity contribution in [2.24, 2.45) is 5.92 Å². The molecule has 1 fully saturated rings. The van der Waals surface area contributed by atoms with Gasteiger partial charge in [-0.15, -0.1) is 0 Å². The lowest BCUT2D eigenvalue weighted by molar-refractivity contribution is -0.143. The Bertz CT molecular complexity index is 535. The Labute approximate surface area is 124 Å². The molecule has 2 unspecified atom stereocenters. The van der Waals surface area contributed by atoms with Crippen molar-refractivity contribution in [3.8, 4) is 0 Å². The molecule has 1 aliphatic carbocycles. The molecule has 108 valence electrons. The Morgan fingerprint density at radius 3 is 2.70 bits per heavy atom. The molecular weight excluding hydrogens is 329 g/mol. The van der Waals surface area contributed by atoms with Crippen LogP contribution in [0, 0.1) is 11.7 Å². The van der Waals surface area contributed by atoms with Crippen LogP contribution < -0.4 is 5.32 Å². The van der Waals surface area contributed by atoms with Crippen LogP contribution in [0.4, 0.5) is 4.39 Å². The molecule has 0 saturated heterocycles. The molecule has 0 aliphatic heterocycles. The van der Waals surface area contributed by atoms with Crippen molar-refractivity contribution in [3.63, 3.8) is 0 Å². The standard InChI is InChI=1S/C14H15BrFNO3/c15-10-6-3-5-9(12(10)16)13(18)17-11-7-2-1-4-8(11)14(19)20/h3,5-6,8,11H,1-2,4,7H2,(H,17,18)(H,19,20). The molecule has 2 atom stereocenters. The molecule has 0 heterocycles. The number of hydrogen-bond donors (Lipinski definition) is 2. The predicted octanol–water partition coefficient (Wildman–Crippen LogP) is 2.96. The first kappa shape index (κ1) is 15.0.